The second-order valence-corrected chi connectivity index (χ2v) is 7.06. The van der Waals surface area contributed by atoms with Gasteiger partial charge in [0, 0.05) is 0 Å². The van der Waals surface area contributed by atoms with E-state index in [1.807, 2.05) is 48.5 Å². The van der Waals surface area contributed by atoms with Crippen molar-refractivity contribution < 1.29 is 28.4 Å². The number of ether oxygens (including phenoxy) is 6. The highest BCUT2D eigenvalue weighted by atomic mass is 16.8. The maximum absolute atomic E-state index is 5.96. The summed E-state index contributed by atoms with van der Waals surface area (Å²) in [5.74, 6) is 2.99. The number of benzene rings is 2. The van der Waals surface area contributed by atoms with Crippen molar-refractivity contribution in [3.63, 3.8) is 0 Å². The van der Waals surface area contributed by atoms with Crippen molar-refractivity contribution in [3.05, 3.63) is 48.5 Å². The SMILES string of the molecule is CCCCOc1ccc(O[C@@H]2OCCO[C@H]2Oc2ccc(OCCCC)cc2)cc1. The quantitative estimate of drug-likeness (QED) is 0.443. The molecule has 0 N–H and O–H groups in total. The fourth-order valence-electron chi connectivity index (χ4n) is 2.83. The number of rotatable bonds is 12. The fraction of sp³-hybridized carbons (Fsp3) is 0.500. The van der Waals surface area contributed by atoms with E-state index in [0.717, 1.165) is 37.2 Å². The van der Waals surface area contributed by atoms with Crippen LogP contribution in [0.5, 0.6) is 23.0 Å². The van der Waals surface area contributed by atoms with Gasteiger partial charge in [0.15, 0.2) is 0 Å². The van der Waals surface area contributed by atoms with Gasteiger partial charge in [0.2, 0.25) is 0 Å². The van der Waals surface area contributed by atoms with Gasteiger partial charge in [-0.1, -0.05) is 26.7 Å². The predicted molar refractivity (Wildman–Crippen MR) is 114 cm³/mol. The predicted octanol–water partition coefficient (Wildman–Crippen LogP) is 5.20. The van der Waals surface area contributed by atoms with Crippen LogP contribution >= 0.6 is 0 Å². The summed E-state index contributed by atoms with van der Waals surface area (Å²) in [5, 5.41) is 0. The fourth-order valence-corrected chi connectivity index (χ4v) is 2.83. The van der Waals surface area contributed by atoms with Gasteiger partial charge < -0.3 is 28.4 Å². The second kappa shape index (κ2) is 12.3. The van der Waals surface area contributed by atoms with Gasteiger partial charge in [-0.3, -0.25) is 0 Å². The molecule has 30 heavy (non-hydrogen) atoms. The standard InChI is InChI=1S/C24H32O6/c1-3-5-15-25-19-7-11-21(12-8-19)29-23-24(28-18-17-27-23)30-22-13-9-20(10-14-22)26-16-6-4-2/h7-14,23-24H,3-6,15-18H2,1-2H3/t23-,24-/m0/s1. The number of hydrogen-bond acceptors (Lipinski definition) is 6. The Balaban J connectivity index is 1.53. The summed E-state index contributed by atoms with van der Waals surface area (Å²) < 4.78 is 34.8. The lowest BCUT2D eigenvalue weighted by Crippen LogP contribution is -2.45. The topological polar surface area (TPSA) is 55.4 Å². The summed E-state index contributed by atoms with van der Waals surface area (Å²) in [4.78, 5) is 0. The Bertz CT molecular complexity index is 652. The third-order valence-electron chi connectivity index (χ3n) is 4.55. The zero-order chi connectivity index (χ0) is 21.0. The van der Waals surface area contributed by atoms with Crippen LogP contribution < -0.4 is 18.9 Å². The van der Waals surface area contributed by atoms with E-state index in [1.165, 1.54) is 0 Å². The maximum atomic E-state index is 5.96. The van der Waals surface area contributed by atoms with Gasteiger partial charge in [0.05, 0.1) is 26.4 Å². The van der Waals surface area contributed by atoms with Crippen molar-refractivity contribution in [1.29, 1.82) is 0 Å². The highest BCUT2D eigenvalue weighted by molar-refractivity contribution is 5.32. The molecule has 0 aliphatic carbocycles. The van der Waals surface area contributed by atoms with Gasteiger partial charge in [-0.05, 0) is 61.4 Å². The van der Waals surface area contributed by atoms with Crippen molar-refractivity contribution in [1.82, 2.24) is 0 Å². The minimum atomic E-state index is -0.661. The molecule has 1 aliphatic heterocycles. The van der Waals surface area contributed by atoms with Crippen LogP contribution in [0.25, 0.3) is 0 Å². The van der Waals surface area contributed by atoms with Crippen LogP contribution in [0.3, 0.4) is 0 Å². The largest absolute Gasteiger partial charge is 0.494 e. The first-order chi connectivity index (χ1) is 14.8. The lowest BCUT2D eigenvalue weighted by molar-refractivity contribution is -0.271. The zero-order valence-corrected chi connectivity index (χ0v) is 17.9. The number of hydrogen-bond donors (Lipinski definition) is 0. The molecular formula is C24H32O6. The van der Waals surface area contributed by atoms with Gasteiger partial charge in [-0.15, -0.1) is 0 Å². The van der Waals surface area contributed by atoms with E-state index >= 15 is 0 Å². The van der Waals surface area contributed by atoms with Gasteiger partial charge in [0.1, 0.15) is 23.0 Å². The molecule has 164 valence electrons. The monoisotopic (exact) mass is 416 g/mol. The van der Waals surface area contributed by atoms with E-state index in [4.69, 9.17) is 28.4 Å². The molecule has 1 fully saturated rings. The Morgan fingerprint density at radius 1 is 0.633 bits per heavy atom. The van der Waals surface area contributed by atoms with Crippen molar-refractivity contribution >= 4 is 0 Å². The Kier molecular flexibility index (Phi) is 9.12. The molecule has 1 heterocycles. The zero-order valence-electron chi connectivity index (χ0n) is 17.9. The van der Waals surface area contributed by atoms with E-state index in [2.05, 4.69) is 13.8 Å². The molecule has 0 amide bonds. The third-order valence-corrected chi connectivity index (χ3v) is 4.55. The Morgan fingerprint density at radius 3 is 1.37 bits per heavy atom. The average molecular weight is 417 g/mol. The van der Waals surface area contributed by atoms with E-state index in [9.17, 15) is 0 Å². The van der Waals surface area contributed by atoms with Crippen LogP contribution in [0.15, 0.2) is 48.5 Å². The van der Waals surface area contributed by atoms with E-state index < -0.39 is 12.6 Å². The smallest absolute Gasteiger partial charge is 0.263 e. The van der Waals surface area contributed by atoms with Gasteiger partial charge in [-0.2, -0.15) is 0 Å². The van der Waals surface area contributed by atoms with Crippen LogP contribution in [0.2, 0.25) is 0 Å². The Labute approximate surface area is 179 Å². The highest BCUT2D eigenvalue weighted by Gasteiger charge is 2.31. The molecule has 0 saturated carbocycles. The van der Waals surface area contributed by atoms with Crippen molar-refractivity contribution in [2.45, 2.75) is 52.1 Å². The van der Waals surface area contributed by atoms with Crippen LogP contribution in [0.4, 0.5) is 0 Å². The van der Waals surface area contributed by atoms with Gasteiger partial charge in [0.25, 0.3) is 12.6 Å². The lowest BCUT2D eigenvalue weighted by Gasteiger charge is -2.31. The van der Waals surface area contributed by atoms with Crippen molar-refractivity contribution in [2.24, 2.45) is 0 Å². The minimum absolute atomic E-state index is 0.451. The van der Waals surface area contributed by atoms with Crippen LogP contribution in [-0.2, 0) is 9.47 Å². The van der Waals surface area contributed by atoms with Crippen LogP contribution in [-0.4, -0.2) is 39.0 Å². The first-order valence-corrected chi connectivity index (χ1v) is 10.8. The van der Waals surface area contributed by atoms with Crippen molar-refractivity contribution in [3.8, 4) is 23.0 Å². The molecular weight excluding hydrogens is 384 g/mol. The highest BCUT2D eigenvalue weighted by Crippen LogP contribution is 2.25. The molecule has 2 aromatic rings. The average Bonchev–Trinajstić information content (AvgIpc) is 2.78. The molecule has 3 rings (SSSR count). The van der Waals surface area contributed by atoms with Crippen LogP contribution in [0.1, 0.15) is 39.5 Å². The molecule has 0 aromatic heterocycles. The van der Waals surface area contributed by atoms with Gasteiger partial charge >= 0.3 is 0 Å². The summed E-state index contributed by atoms with van der Waals surface area (Å²) in [6, 6.07) is 15.0. The third kappa shape index (κ3) is 7.11. The second-order valence-electron chi connectivity index (χ2n) is 7.06. The van der Waals surface area contributed by atoms with Crippen molar-refractivity contribution in [2.75, 3.05) is 26.4 Å². The maximum Gasteiger partial charge on any atom is 0.263 e. The molecule has 0 spiro atoms. The first-order valence-electron chi connectivity index (χ1n) is 10.8. The molecule has 2 atom stereocenters. The summed E-state index contributed by atoms with van der Waals surface area (Å²) in [6.07, 6.45) is 2.97. The van der Waals surface area contributed by atoms with Gasteiger partial charge in [-0.25, -0.2) is 0 Å². The minimum Gasteiger partial charge on any atom is -0.494 e. The lowest BCUT2D eigenvalue weighted by atomic mass is 10.3. The molecule has 1 aliphatic rings. The molecule has 6 heteroatoms. The van der Waals surface area contributed by atoms with E-state index in [-0.39, 0.29) is 0 Å². The molecule has 2 aromatic carbocycles. The Morgan fingerprint density at radius 2 is 1.00 bits per heavy atom. The first kappa shape index (κ1) is 22.2. The van der Waals surface area contributed by atoms with E-state index in [1.54, 1.807) is 0 Å². The number of unbranched alkanes of at least 4 members (excludes halogenated alkanes) is 2. The molecule has 0 radical (unpaired) electrons. The normalized spacial score (nSPS) is 18.6. The van der Waals surface area contributed by atoms with Crippen LogP contribution in [0, 0.1) is 0 Å². The summed E-state index contributed by atoms with van der Waals surface area (Å²) in [5.41, 5.74) is 0. The summed E-state index contributed by atoms with van der Waals surface area (Å²) in [6.45, 7) is 6.62. The Hall–Kier alpha value is -2.44. The molecule has 6 nitrogen and oxygen atoms in total. The van der Waals surface area contributed by atoms with E-state index in [0.29, 0.717) is 37.9 Å². The summed E-state index contributed by atoms with van der Waals surface area (Å²) in [7, 11) is 0. The molecule has 0 bridgehead atoms. The summed E-state index contributed by atoms with van der Waals surface area (Å²) >= 11 is 0. The molecule has 0 unspecified atom stereocenters. The molecule has 1 saturated heterocycles.